The first-order valence-electron chi connectivity index (χ1n) is 12.8. The molecule has 1 unspecified atom stereocenters. The summed E-state index contributed by atoms with van der Waals surface area (Å²) in [6.45, 7) is 3.52. The number of carbonyl (C=O) groups excluding carboxylic acids is 1. The van der Waals surface area contributed by atoms with Gasteiger partial charge in [0.25, 0.3) is 5.56 Å². The fraction of sp³-hybridized carbons (Fsp3) is 0.276. The second kappa shape index (κ2) is 12.0. The van der Waals surface area contributed by atoms with Crippen LogP contribution in [0.1, 0.15) is 48.8 Å². The van der Waals surface area contributed by atoms with Gasteiger partial charge in [-0.25, -0.2) is 9.78 Å². The molecule has 0 aliphatic carbocycles. The number of urea groups is 1. The van der Waals surface area contributed by atoms with Crippen LogP contribution < -0.4 is 10.9 Å². The second-order valence-corrected chi connectivity index (χ2v) is 9.88. The van der Waals surface area contributed by atoms with E-state index in [-0.39, 0.29) is 42.5 Å². The van der Waals surface area contributed by atoms with Crippen LogP contribution in [0.25, 0.3) is 10.9 Å². The Morgan fingerprint density at radius 3 is 2.12 bits per heavy atom. The fourth-order valence-electron chi connectivity index (χ4n) is 4.64. The van der Waals surface area contributed by atoms with E-state index in [9.17, 15) is 35.9 Å². The van der Waals surface area contributed by atoms with Crippen LogP contribution in [0.5, 0.6) is 0 Å². The monoisotopic (exact) mass is 610 g/mol. The van der Waals surface area contributed by atoms with E-state index in [1.165, 1.54) is 21.6 Å². The van der Waals surface area contributed by atoms with E-state index in [1.54, 1.807) is 50.2 Å². The smallest absolute Gasteiger partial charge is 0.310 e. The molecule has 0 aliphatic rings. The minimum Gasteiger partial charge on any atom is -0.310 e. The van der Waals surface area contributed by atoms with Crippen LogP contribution in [-0.4, -0.2) is 20.5 Å². The molecule has 0 spiro atoms. The van der Waals surface area contributed by atoms with Crippen molar-refractivity contribution >= 4 is 34.2 Å². The van der Waals surface area contributed by atoms with Crippen molar-refractivity contribution in [1.82, 2.24) is 14.5 Å². The van der Waals surface area contributed by atoms with Gasteiger partial charge in [-0.1, -0.05) is 48.9 Å². The van der Waals surface area contributed by atoms with Gasteiger partial charge in [0.05, 0.1) is 28.1 Å². The first-order chi connectivity index (χ1) is 19.7. The van der Waals surface area contributed by atoms with Crippen molar-refractivity contribution in [3.8, 4) is 0 Å². The highest BCUT2D eigenvalue weighted by Crippen LogP contribution is 2.38. The molecule has 2 amide bonds. The predicted molar refractivity (Wildman–Crippen MR) is 147 cm³/mol. The first kappa shape index (κ1) is 30.9. The average molecular weight is 611 g/mol. The molecular weight excluding hydrogens is 586 g/mol. The SMILES string of the molecule is CCC(c1nc2cc(Cl)ccc2c(=O)n1CC)N(Cc1ccccc1)C(=O)Nc1cc(C(F)(F)F)cc(C(F)(F)F)c1. The summed E-state index contributed by atoms with van der Waals surface area (Å²) in [5, 5.41) is 2.84. The van der Waals surface area contributed by atoms with Gasteiger partial charge in [0.1, 0.15) is 5.82 Å². The average Bonchev–Trinajstić information content (AvgIpc) is 2.92. The van der Waals surface area contributed by atoms with Gasteiger partial charge in [-0.05, 0) is 55.3 Å². The standard InChI is InChI=1S/C29H25ClF6N4O2/c1-3-24(25-38-23-15-20(30)10-11-22(23)26(41)39(25)4-2)40(16-17-8-6-5-7-9-17)27(42)37-21-13-18(28(31,32)33)12-19(14-21)29(34,35)36/h5-15,24H,3-4,16H2,1-2H3,(H,37,42). The number of rotatable bonds is 7. The molecule has 0 saturated heterocycles. The number of hydrogen-bond acceptors (Lipinski definition) is 3. The summed E-state index contributed by atoms with van der Waals surface area (Å²) < 4.78 is 82.1. The lowest BCUT2D eigenvalue weighted by Crippen LogP contribution is -2.40. The Hall–Kier alpha value is -4.06. The van der Waals surface area contributed by atoms with Crippen LogP contribution in [0.15, 0.2) is 71.5 Å². The molecule has 13 heteroatoms. The van der Waals surface area contributed by atoms with Gasteiger partial charge in [-0.3, -0.25) is 9.36 Å². The lowest BCUT2D eigenvalue weighted by atomic mass is 10.1. The highest BCUT2D eigenvalue weighted by Gasteiger charge is 2.37. The van der Waals surface area contributed by atoms with Gasteiger partial charge in [-0.2, -0.15) is 26.3 Å². The zero-order valence-corrected chi connectivity index (χ0v) is 23.1. The summed E-state index contributed by atoms with van der Waals surface area (Å²) in [4.78, 5) is 33.0. The highest BCUT2D eigenvalue weighted by molar-refractivity contribution is 6.31. The second-order valence-electron chi connectivity index (χ2n) is 9.44. The summed E-state index contributed by atoms with van der Waals surface area (Å²) in [7, 11) is 0. The Labute approximate surface area is 241 Å². The van der Waals surface area contributed by atoms with Gasteiger partial charge in [0, 0.05) is 23.8 Å². The molecule has 1 atom stereocenters. The van der Waals surface area contributed by atoms with Crippen LogP contribution in [0.2, 0.25) is 5.02 Å². The number of amides is 2. The molecule has 0 radical (unpaired) electrons. The van der Waals surface area contributed by atoms with Crippen molar-refractivity contribution < 1.29 is 31.1 Å². The molecule has 42 heavy (non-hydrogen) atoms. The van der Waals surface area contributed by atoms with Crippen LogP contribution >= 0.6 is 11.6 Å². The molecule has 0 bridgehead atoms. The van der Waals surface area contributed by atoms with Crippen molar-refractivity contribution in [2.45, 2.75) is 51.8 Å². The van der Waals surface area contributed by atoms with Crippen LogP contribution in [0, 0.1) is 0 Å². The minimum atomic E-state index is -5.09. The zero-order valence-electron chi connectivity index (χ0n) is 22.4. The quantitative estimate of drug-likeness (QED) is 0.214. The molecule has 6 nitrogen and oxygen atoms in total. The van der Waals surface area contributed by atoms with Crippen molar-refractivity contribution in [3.05, 3.63) is 105 Å². The topological polar surface area (TPSA) is 67.2 Å². The van der Waals surface area contributed by atoms with Gasteiger partial charge in [0.2, 0.25) is 0 Å². The van der Waals surface area contributed by atoms with E-state index in [0.717, 1.165) is 0 Å². The summed E-state index contributed by atoms with van der Waals surface area (Å²) in [5.74, 6) is 0.186. The van der Waals surface area contributed by atoms with Gasteiger partial charge in [0.15, 0.2) is 0 Å². The van der Waals surface area contributed by atoms with Gasteiger partial charge >= 0.3 is 18.4 Å². The fourth-order valence-corrected chi connectivity index (χ4v) is 4.81. The third-order valence-electron chi connectivity index (χ3n) is 6.62. The molecule has 0 saturated carbocycles. The zero-order chi connectivity index (χ0) is 30.8. The maximum absolute atomic E-state index is 13.7. The van der Waals surface area contributed by atoms with Gasteiger partial charge in [-0.15, -0.1) is 0 Å². The van der Waals surface area contributed by atoms with Crippen molar-refractivity contribution in [3.63, 3.8) is 0 Å². The largest absolute Gasteiger partial charge is 0.416 e. The van der Waals surface area contributed by atoms with E-state index in [1.807, 2.05) is 0 Å². The lowest BCUT2D eigenvalue weighted by molar-refractivity contribution is -0.143. The van der Waals surface area contributed by atoms with Crippen LogP contribution in [-0.2, 0) is 25.4 Å². The highest BCUT2D eigenvalue weighted by atomic mass is 35.5. The number of halogens is 7. The molecule has 1 aromatic heterocycles. The van der Waals surface area contributed by atoms with Crippen molar-refractivity contribution in [1.29, 1.82) is 0 Å². The number of benzene rings is 3. The number of anilines is 1. The third kappa shape index (κ3) is 6.70. The van der Waals surface area contributed by atoms with Crippen LogP contribution in [0.3, 0.4) is 0 Å². The maximum Gasteiger partial charge on any atom is 0.416 e. The van der Waals surface area contributed by atoms with Crippen molar-refractivity contribution in [2.75, 3.05) is 5.32 Å². The Bertz CT molecular complexity index is 1620. The predicted octanol–water partition coefficient (Wildman–Crippen LogP) is 8.29. The number of fused-ring (bicyclic) bond motifs is 1. The molecule has 222 valence electrons. The lowest BCUT2D eigenvalue weighted by Gasteiger charge is -2.32. The molecule has 1 N–H and O–H groups in total. The molecule has 0 fully saturated rings. The number of aromatic nitrogens is 2. The summed E-state index contributed by atoms with van der Waals surface area (Å²) in [6, 6.07) is 12.1. The molecule has 0 aliphatic heterocycles. The maximum atomic E-state index is 13.7. The summed E-state index contributed by atoms with van der Waals surface area (Å²) in [6.07, 6.45) is -9.98. The number of alkyl halides is 6. The van der Waals surface area contributed by atoms with Crippen LogP contribution in [0.4, 0.5) is 36.8 Å². The molecule has 3 aromatic carbocycles. The van der Waals surface area contributed by atoms with E-state index in [0.29, 0.717) is 28.1 Å². The van der Waals surface area contributed by atoms with E-state index in [2.05, 4.69) is 10.3 Å². The number of nitrogens with zero attached hydrogens (tertiary/aromatic N) is 3. The minimum absolute atomic E-state index is 0.0175. The Morgan fingerprint density at radius 1 is 0.952 bits per heavy atom. The Balaban J connectivity index is 1.84. The van der Waals surface area contributed by atoms with Crippen molar-refractivity contribution in [2.24, 2.45) is 0 Å². The summed E-state index contributed by atoms with van der Waals surface area (Å²) in [5.41, 5.74) is -3.32. The van der Waals surface area contributed by atoms with E-state index in [4.69, 9.17) is 11.6 Å². The molecule has 4 rings (SSSR count). The Morgan fingerprint density at radius 2 is 1.57 bits per heavy atom. The number of nitrogens with one attached hydrogen (secondary N) is 1. The first-order valence-corrected chi connectivity index (χ1v) is 13.2. The summed E-state index contributed by atoms with van der Waals surface area (Å²) >= 11 is 6.13. The number of carbonyl (C=O) groups is 1. The van der Waals surface area contributed by atoms with Gasteiger partial charge < -0.3 is 10.2 Å². The molecular formula is C29H25ClF6N4O2. The molecule has 4 aromatic rings. The molecule has 1 heterocycles. The third-order valence-corrected chi connectivity index (χ3v) is 6.85. The number of hydrogen-bond donors (Lipinski definition) is 1. The normalized spacial score (nSPS) is 12.8. The van der Waals surface area contributed by atoms with E-state index < -0.39 is 41.2 Å². The van der Waals surface area contributed by atoms with E-state index >= 15 is 0 Å². The Kier molecular flexibility index (Phi) is 8.86.